The number of hydrogen-bond acceptors (Lipinski definition) is 6. The Labute approximate surface area is 147 Å². The van der Waals surface area contributed by atoms with Crippen LogP contribution in [0, 0.1) is 0 Å². The van der Waals surface area contributed by atoms with Crippen molar-refractivity contribution in [3.63, 3.8) is 0 Å². The zero-order valence-corrected chi connectivity index (χ0v) is 14.5. The van der Waals surface area contributed by atoms with Crippen LogP contribution in [-0.2, 0) is 6.54 Å². The number of nitrogens with zero attached hydrogens (tertiary/aromatic N) is 4. The van der Waals surface area contributed by atoms with E-state index in [0.29, 0.717) is 6.54 Å². The van der Waals surface area contributed by atoms with Crippen LogP contribution in [0.5, 0.6) is 0 Å². The van der Waals surface area contributed by atoms with Gasteiger partial charge in [0, 0.05) is 31.6 Å². The van der Waals surface area contributed by atoms with E-state index in [1.165, 1.54) is 0 Å². The molecule has 6 nitrogen and oxygen atoms in total. The Hall–Kier alpha value is -2.60. The van der Waals surface area contributed by atoms with Crippen LogP contribution in [0.15, 0.2) is 47.1 Å². The van der Waals surface area contributed by atoms with Gasteiger partial charge in [-0.25, -0.2) is 4.98 Å². The molecular weight excluding hydrogens is 314 g/mol. The number of para-hydroxylation sites is 1. The van der Waals surface area contributed by atoms with Crippen LogP contribution >= 0.6 is 0 Å². The molecule has 130 valence electrons. The van der Waals surface area contributed by atoms with E-state index in [9.17, 15) is 0 Å². The molecule has 0 atom stereocenters. The highest BCUT2D eigenvalue weighted by atomic mass is 16.3. The van der Waals surface area contributed by atoms with Gasteiger partial charge in [-0.15, -0.1) is 0 Å². The molecule has 25 heavy (non-hydrogen) atoms. The Morgan fingerprint density at radius 1 is 1.04 bits per heavy atom. The highest BCUT2D eigenvalue weighted by Gasteiger charge is 2.19. The molecular formula is C19H23N5O. The highest BCUT2D eigenvalue weighted by Crippen LogP contribution is 2.24. The van der Waals surface area contributed by atoms with Gasteiger partial charge in [-0.1, -0.05) is 19.1 Å². The molecule has 3 aromatic rings. The first-order valence-corrected chi connectivity index (χ1v) is 8.84. The number of anilines is 2. The standard InChI is InChI=1S/C19H23N5O/c1-2-23-9-11-24(12-10-23)19-21-17-8-4-3-7-16(17)18(22-19)20-14-15-6-5-13-25-15/h3-8,13H,2,9-12,14H2,1H3,(H,20,21,22). The molecule has 0 bridgehead atoms. The maximum atomic E-state index is 5.42. The van der Waals surface area contributed by atoms with Crippen LogP contribution in [0.2, 0.25) is 0 Å². The van der Waals surface area contributed by atoms with E-state index >= 15 is 0 Å². The van der Waals surface area contributed by atoms with Crippen molar-refractivity contribution in [3.05, 3.63) is 48.4 Å². The van der Waals surface area contributed by atoms with Crippen molar-refractivity contribution in [2.24, 2.45) is 0 Å². The van der Waals surface area contributed by atoms with Gasteiger partial charge in [-0.3, -0.25) is 0 Å². The number of aromatic nitrogens is 2. The lowest BCUT2D eigenvalue weighted by molar-refractivity contribution is 0.270. The fourth-order valence-electron chi connectivity index (χ4n) is 3.19. The number of piperazine rings is 1. The van der Waals surface area contributed by atoms with Gasteiger partial charge in [0.1, 0.15) is 11.6 Å². The minimum absolute atomic E-state index is 0.608. The maximum Gasteiger partial charge on any atom is 0.227 e. The third-order valence-electron chi connectivity index (χ3n) is 4.70. The number of fused-ring (bicyclic) bond motifs is 1. The average molecular weight is 337 g/mol. The summed E-state index contributed by atoms with van der Waals surface area (Å²) in [7, 11) is 0. The lowest BCUT2D eigenvalue weighted by Gasteiger charge is -2.34. The Bertz CT molecular complexity index is 825. The minimum Gasteiger partial charge on any atom is -0.467 e. The predicted octanol–water partition coefficient (Wildman–Crippen LogP) is 2.98. The summed E-state index contributed by atoms with van der Waals surface area (Å²) < 4.78 is 5.42. The second-order valence-corrected chi connectivity index (χ2v) is 6.24. The first kappa shape index (κ1) is 15.9. The summed E-state index contributed by atoms with van der Waals surface area (Å²) in [5.74, 6) is 2.55. The van der Waals surface area contributed by atoms with Crippen molar-refractivity contribution in [3.8, 4) is 0 Å². The second-order valence-electron chi connectivity index (χ2n) is 6.24. The summed E-state index contributed by atoms with van der Waals surface area (Å²) in [5, 5.41) is 4.44. The molecule has 4 rings (SSSR count). The Balaban J connectivity index is 1.61. The van der Waals surface area contributed by atoms with Crippen LogP contribution in [0.25, 0.3) is 10.9 Å². The monoisotopic (exact) mass is 337 g/mol. The summed E-state index contributed by atoms with van der Waals surface area (Å²) in [4.78, 5) is 14.3. The average Bonchev–Trinajstić information content (AvgIpc) is 3.19. The molecule has 1 aromatic carbocycles. The third-order valence-corrected chi connectivity index (χ3v) is 4.70. The van der Waals surface area contributed by atoms with Crippen molar-refractivity contribution in [2.75, 3.05) is 42.9 Å². The molecule has 1 aliphatic heterocycles. The number of benzene rings is 1. The fourth-order valence-corrected chi connectivity index (χ4v) is 3.19. The summed E-state index contributed by atoms with van der Waals surface area (Å²) in [5.41, 5.74) is 0.965. The number of furan rings is 1. The van der Waals surface area contributed by atoms with Crippen molar-refractivity contribution in [2.45, 2.75) is 13.5 Å². The van der Waals surface area contributed by atoms with Crippen LogP contribution < -0.4 is 10.2 Å². The Morgan fingerprint density at radius 2 is 1.88 bits per heavy atom. The molecule has 1 saturated heterocycles. The van der Waals surface area contributed by atoms with E-state index in [1.54, 1.807) is 6.26 Å². The first-order valence-electron chi connectivity index (χ1n) is 8.84. The zero-order chi connectivity index (χ0) is 17.1. The lowest BCUT2D eigenvalue weighted by Crippen LogP contribution is -2.46. The Morgan fingerprint density at radius 3 is 2.64 bits per heavy atom. The molecule has 0 aliphatic carbocycles. The number of nitrogens with one attached hydrogen (secondary N) is 1. The normalized spacial score (nSPS) is 15.6. The molecule has 0 unspecified atom stereocenters. The Kier molecular flexibility index (Phi) is 4.52. The molecule has 1 N–H and O–H groups in total. The molecule has 3 heterocycles. The van der Waals surface area contributed by atoms with Gasteiger partial charge < -0.3 is 19.5 Å². The van der Waals surface area contributed by atoms with Crippen LogP contribution in [0.1, 0.15) is 12.7 Å². The van der Waals surface area contributed by atoms with E-state index in [2.05, 4.69) is 28.1 Å². The molecule has 0 spiro atoms. The fraction of sp³-hybridized carbons (Fsp3) is 0.368. The van der Waals surface area contributed by atoms with Gasteiger partial charge in [0.15, 0.2) is 0 Å². The van der Waals surface area contributed by atoms with Gasteiger partial charge in [-0.05, 0) is 30.8 Å². The minimum atomic E-state index is 0.608. The van der Waals surface area contributed by atoms with Gasteiger partial charge in [-0.2, -0.15) is 4.98 Å². The lowest BCUT2D eigenvalue weighted by atomic mass is 10.2. The summed E-state index contributed by atoms with van der Waals surface area (Å²) in [6.07, 6.45) is 1.69. The van der Waals surface area contributed by atoms with Crippen LogP contribution in [0.4, 0.5) is 11.8 Å². The first-order chi connectivity index (χ1) is 12.3. The van der Waals surface area contributed by atoms with Gasteiger partial charge in [0.25, 0.3) is 0 Å². The topological polar surface area (TPSA) is 57.4 Å². The molecule has 0 saturated carbocycles. The number of rotatable bonds is 5. The summed E-state index contributed by atoms with van der Waals surface area (Å²) in [6, 6.07) is 12.0. The van der Waals surface area contributed by atoms with Crippen molar-refractivity contribution >= 4 is 22.7 Å². The van der Waals surface area contributed by atoms with Crippen LogP contribution in [-0.4, -0.2) is 47.6 Å². The molecule has 0 radical (unpaired) electrons. The van der Waals surface area contributed by atoms with Crippen LogP contribution in [0.3, 0.4) is 0 Å². The summed E-state index contributed by atoms with van der Waals surface area (Å²) in [6.45, 7) is 7.95. The maximum absolute atomic E-state index is 5.42. The highest BCUT2D eigenvalue weighted by molar-refractivity contribution is 5.90. The second kappa shape index (κ2) is 7.11. The van der Waals surface area contributed by atoms with E-state index in [-0.39, 0.29) is 0 Å². The molecule has 1 aliphatic rings. The molecule has 2 aromatic heterocycles. The zero-order valence-electron chi connectivity index (χ0n) is 14.5. The van der Waals surface area contributed by atoms with Crippen molar-refractivity contribution in [1.29, 1.82) is 0 Å². The summed E-state index contributed by atoms with van der Waals surface area (Å²) >= 11 is 0. The van der Waals surface area contributed by atoms with Crippen molar-refractivity contribution in [1.82, 2.24) is 14.9 Å². The molecule has 6 heteroatoms. The largest absolute Gasteiger partial charge is 0.467 e. The van der Waals surface area contributed by atoms with E-state index in [1.807, 2.05) is 30.3 Å². The molecule has 0 amide bonds. The van der Waals surface area contributed by atoms with Gasteiger partial charge in [0.2, 0.25) is 5.95 Å². The van der Waals surface area contributed by atoms with Crippen molar-refractivity contribution < 1.29 is 4.42 Å². The van der Waals surface area contributed by atoms with E-state index in [0.717, 1.165) is 61.2 Å². The molecule has 1 fully saturated rings. The van der Waals surface area contributed by atoms with E-state index < -0.39 is 0 Å². The SMILES string of the molecule is CCN1CCN(c2nc(NCc3ccco3)c3ccccc3n2)CC1. The number of likely N-dealkylation sites (N-methyl/N-ethyl adjacent to an activating group) is 1. The van der Waals surface area contributed by atoms with Gasteiger partial charge >= 0.3 is 0 Å². The smallest absolute Gasteiger partial charge is 0.227 e. The van der Waals surface area contributed by atoms with E-state index in [4.69, 9.17) is 14.4 Å². The quantitative estimate of drug-likeness (QED) is 0.772. The third kappa shape index (κ3) is 3.44. The number of hydrogen-bond donors (Lipinski definition) is 1. The van der Waals surface area contributed by atoms with Gasteiger partial charge in [0.05, 0.1) is 18.3 Å². The predicted molar refractivity (Wildman–Crippen MR) is 99.9 cm³/mol.